The van der Waals surface area contributed by atoms with Crippen molar-refractivity contribution < 1.29 is 9.53 Å². The molecule has 10 heteroatoms. The van der Waals surface area contributed by atoms with Crippen molar-refractivity contribution in [3.8, 4) is 11.8 Å². The van der Waals surface area contributed by atoms with Crippen LogP contribution in [0.3, 0.4) is 0 Å². The highest BCUT2D eigenvalue weighted by Gasteiger charge is 2.36. The quantitative estimate of drug-likeness (QED) is 0.336. The summed E-state index contributed by atoms with van der Waals surface area (Å²) < 4.78 is 7.38. The van der Waals surface area contributed by atoms with E-state index in [2.05, 4.69) is 38.4 Å². The van der Waals surface area contributed by atoms with Crippen LogP contribution in [-0.2, 0) is 9.53 Å². The molecule has 1 amide bonds. The van der Waals surface area contributed by atoms with Crippen LogP contribution in [-0.4, -0.2) is 61.6 Å². The van der Waals surface area contributed by atoms with E-state index in [4.69, 9.17) is 22.1 Å². The summed E-state index contributed by atoms with van der Waals surface area (Å²) in [6.07, 6.45) is 5.39. The van der Waals surface area contributed by atoms with E-state index in [0.717, 1.165) is 16.9 Å². The molecule has 1 aliphatic heterocycles. The molecule has 0 saturated carbocycles. The topological polar surface area (TPSA) is 115 Å². The lowest BCUT2D eigenvalue weighted by atomic mass is 10.1. The Morgan fingerprint density at radius 2 is 2.17 bits per heavy atom. The fraction of sp³-hybridized carbons (Fsp3) is 0.280. The third kappa shape index (κ3) is 4.11. The monoisotopic (exact) mass is 489 g/mol. The maximum absolute atomic E-state index is 12.4. The highest BCUT2D eigenvalue weighted by atomic mass is 35.5. The van der Waals surface area contributed by atoms with Crippen LogP contribution >= 0.6 is 11.6 Å². The van der Waals surface area contributed by atoms with Gasteiger partial charge in [-0.25, -0.2) is 15.0 Å². The zero-order valence-electron chi connectivity index (χ0n) is 19.4. The highest BCUT2D eigenvalue weighted by molar-refractivity contribution is 6.32. The van der Waals surface area contributed by atoms with Crippen molar-refractivity contribution in [3.63, 3.8) is 0 Å². The Morgan fingerprint density at radius 3 is 2.94 bits per heavy atom. The van der Waals surface area contributed by atoms with Crippen molar-refractivity contribution in [2.45, 2.75) is 25.4 Å². The molecule has 1 aromatic carbocycles. The molecule has 0 spiro atoms. The van der Waals surface area contributed by atoms with Crippen LogP contribution in [0, 0.1) is 18.8 Å². The van der Waals surface area contributed by atoms with E-state index < -0.39 is 0 Å². The third-order valence-corrected chi connectivity index (χ3v) is 6.57. The first-order valence-electron chi connectivity index (χ1n) is 11.1. The molecule has 9 nitrogen and oxygen atoms in total. The number of anilines is 1. The summed E-state index contributed by atoms with van der Waals surface area (Å²) in [5, 5.41) is 1.19. The highest BCUT2D eigenvalue weighted by Crippen LogP contribution is 2.33. The maximum atomic E-state index is 12.4. The van der Waals surface area contributed by atoms with Crippen LogP contribution in [0.4, 0.5) is 5.82 Å². The molecule has 35 heavy (non-hydrogen) atoms. The second kappa shape index (κ2) is 9.06. The van der Waals surface area contributed by atoms with Crippen molar-refractivity contribution >= 4 is 45.4 Å². The van der Waals surface area contributed by atoms with Gasteiger partial charge in [-0.15, -0.1) is 0 Å². The molecule has 178 valence electrons. The van der Waals surface area contributed by atoms with Gasteiger partial charge in [-0.3, -0.25) is 4.79 Å². The van der Waals surface area contributed by atoms with Gasteiger partial charge in [0.25, 0.3) is 0 Å². The smallest absolute Gasteiger partial charge is 0.246 e. The molecule has 4 aromatic rings. The lowest BCUT2D eigenvalue weighted by Crippen LogP contribution is -2.37. The minimum Gasteiger partial charge on any atom is -0.383 e. The van der Waals surface area contributed by atoms with E-state index in [1.54, 1.807) is 18.1 Å². The van der Waals surface area contributed by atoms with E-state index in [1.807, 2.05) is 23.8 Å². The Hall–Kier alpha value is -3.87. The number of imidazole rings is 1. The van der Waals surface area contributed by atoms with Crippen molar-refractivity contribution in [2.75, 3.05) is 26.0 Å². The molecule has 0 unspecified atom stereocenters. The SMILES string of the molecule is C=CC(=O)N1C[C@@H](n2cc(C#Cc3cc4[nH]c(C)nc4cc3Cl)c3c(N)ncnc32)C[C@@H]1COC. The van der Waals surface area contributed by atoms with E-state index in [-0.39, 0.29) is 18.0 Å². The predicted octanol–water partition coefficient (Wildman–Crippen LogP) is 3.23. The number of rotatable bonds is 4. The molecule has 4 heterocycles. The standard InChI is InChI=1S/C25H24ClN7O2/c1-4-22(34)32-11-17(8-18(32)12-35-3)33-10-16(23-24(27)28-13-29-25(23)33)6-5-15-7-20-21(9-19(15)26)31-14(2)30-20/h4,7,9-10,13,17-18H,1,8,11-12H2,2-3H3,(H,30,31)(H2,27,28,29)/t17-,18+/m0/s1. The van der Waals surface area contributed by atoms with E-state index in [0.29, 0.717) is 52.6 Å². The molecule has 0 radical (unpaired) electrons. The fourth-order valence-electron chi connectivity index (χ4n) is 4.70. The number of aryl methyl sites for hydroxylation is 1. The number of nitrogen functional groups attached to an aromatic ring is 1. The van der Waals surface area contributed by atoms with Gasteiger partial charge < -0.3 is 24.9 Å². The maximum Gasteiger partial charge on any atom is 0.246 e. The molecule has 0 bridgehead atoms. The predicted molar refractivity (Wildman–Crippen MR) is 135 cm³/mol. The summed E-state index contributed by atoms with van der Waals surface area (Å²) >= 11 is 6.47. The molecular weight excluding hydrogens is 466 g/mol. The number of nitrogens with two attached hydrogens (primary N) is 1. The second-order valence-corrected chi connectivity index (χ2v) is 8.93. The molecule has 3 N–H and O–H groups in total. The van der Waals surface area contributed by atoms with Gasteiger partial charge in [0.2, 0.25) is 5.91 Å². The van der Waals surface area contributed by atoms with Crippen LogP contribution in [0.5, 0.6) is 0 Å². The zero-order valence-corrected chi connectivity index (χ0v) is 20.1. The fourth-order valence-corrected chi connectivity index (χ4v) is 4.91. The molecule has 2 atom stereocenters. The van der Waals surface area contributed by atoms with Crippen molar-refractivity contribution in [1.82, 2.24) is 29.4 Å². The van der Waals surface area contributed by atoms with Gasteiger partial charge in [0, 0.05) is 25.4 Å². The molecule has 1 fully saturated rings. The van der Waals surface area contributed by atoms with Gasteiger partial charge in [0.05, 0.1) is 45.7 Å². The number of aromatic nitrogens is 5. The second-order valence-electron chi connectivity index (χ2n) is 8.52. The van der Waals surface area contributed by atoms with Crippen molar-refractivity contribution in [2.24, 2.45) is 0 Å². The summed E-state index contributed by atoms with van der Waals surface area (Å²) in [5.74, 6) is 7.40. The van der Waals surface area contributed by atoms with Crippen LogP contribution in [0.1, 0.15) is 29.4 Å². The van der Waals surface area contributed by atoms with Crippen LogP contribution in [0.15, 0.2) is 37.3 Å². The number of H-pyrrole nitrogens is 1. The Bertz CT molecular complexity index is 1530. The number of halogens is 1. The minimum absolute atomic E-state index is 0.0284. The number of amides is 1. The number of nitrogens with zero attached hydrogens (tertiary/aromatic N) is 5. The van der Waals surface area contributed by atoms with Gasteiger partial charge in [-0.05, 0) is 31.6 Å². The average Bonchev–Trinajstić information content (AvgIpc) is 3.52. The molecule has 0 aliphatic carbocycles. The first-order valence-corrected chi connectivity index (χ1v) is 11.5. The molecule has 1 aliphatic rings. The zero-order chi connectivity index (χ0) is 24.7. The largest absolute Gasteiger partial charge is 0.383 e. The van der Waals surface area contributed by atoms with Gasteiger partial charge in [0.1, 0.15) is 23.6 Å². The van der Waals surface area contributed by atoms with Crippen LogP contribution in [0.25, 0.3) is 22.1 Å². The third-order valence-electron chi connectivity index (χ3n) is 6.26. The number of hydrogen-bond acceptors (Lipinski definition) is 6. The average molecular weight is 490 g/mol. The lowest BCUT2D eigenvalue weighted by Gasteiger charge is -2.22. The molecular formula is C25H24ClN7O2. The Labute approximate surface area is 207 Å². The first kappa shape index (κ1) is 22.9. The van der Waals surface area contributed by atoms with Gasteiger partial charge in [-0.1, -0.05) is 30.0 Å². The van der Waals surface area contributed by atoms with Crippen LogP contribution < -0.4 is 5.73 Å². The lowest BCUT2D eigenvalue weighted by molar-refractivity contribution is -0.127. The number of methoxy groups -OCH3 is 1. The van der Waals surface area contributed by atoms with Crippen molar-refractivity contribution in [3.05, 3.63) is 59.3 Å². The molecule has 3 aromatic heterocycles. The number of carbonyl (C=O) groups excluding carboxylic acids is 1. The number of ether oxygens (including phenoxy) is 1. The Morgan fingerprint density at radius 1 is 1.37 bits per heavy atom. The van der Waals surface area contributed by atoms with Gasteiger partial charge in [0.15, 0.2) is 0 Å². The molecule has 5 rings (SSSR count). The summed E-state index contributed by atoms with van der Waals surface area (Å²) in [4.78, 5) is 30.5. The summed E-state index contributed by atoms with van der Waals surface area (Å²) in [6.45, 7) is 6.46. The number of aromatic amines is 1. The van der Waals surface area contributed by atoms with Crippen molar-refractivity contribution in [1.29, 1.82) is 0 Å². The summed E-state index contributed by atoms with van der Waals surface area (Å²) in [6, 6.07) is 3.59. The van der Waals surface area contributed by atoms with E-state index in [1.165, 1.54) is 12.4 Å². The van der Waals surface area contributed by atoms with E-state index >= 15 is 0 Å². The summed E-state index contributed by atoms with van der Waals surface area (Å²) in [7, 11) is 1.63. The number of nitrogens with one attached hydrogen (secondary N) is 1. The minimum atomic E-state index is -0.126. The number of carbonyl (C=O) groups is 1. The van der Waals surface area contributed by atoms with Gasteiger partial charge >= 0.3 is 0 Å². The first-order chi connectivity index (χ1) is 16.9. The number of hydrogen-bond donors (Lipinski definition) is 2. The molecule has 1 saturated heterocycles. The number of benzene rings is 1. The van der Waals surface area contributed by atoms with Crippen LogP contribution in [0.2, 0.25) is 5.02 Å². The summed E-state index contributed by atoms with van der Waals surface area (Å²) in [5.41, 5.74) is 9.93. The number of likely N-dealkylation sites (tertiary alicyclic amines) is 1. The van der Waals surface area contributed by atoms with E-state index in [9.17, 15) is 4.79 Å². The Balaban J connectivity index is 1.57. The number of fused-ring (bicyclic) bond motifs is 2. The van der Waals surface area contributed by atoms with Gasteiger partial charge in [-0.2, -0.15) is 0 Å². The Kier molecular flexibility index (Phi) is 5.93. The normalized spacial score (nSPS) is 17.6.